The van der Waals surface area contributed by atoms with Crippen LogP contribution in [0.15, 0.2) is 34.9 Å². The minimum atomic E-state index is -0.128. The summed E-state index contributed by atoms with van der Waals surface area (Å²) in [6.45, 7) is 1.28. The first-order valence-corrected chi connectivity index (χ1v) is 7.97. The second-order valence-corrected chi connectivity index (χ2v) is 6.23. The lowest BCUT2D eigenvalue weighted by Gasteiger charge is -2.20. The van der Waals surface area contributed by atoms with E-state index >= 15 is 0 Å². The lowest BCUT2D eigenvalue weighted by atomic mass is 10.0. The lowest BCUT2D eigenvalue weighted by molar-refractivity contribution is 0.182. The summed E-state index contributed by atoms with van der Waals surface area (Å²) in [5.41, 5.74) is 5.00. The first-order chi connectivity index (χ1) is 9.69. The summed E-state index contributed by atoms with van der Waals surface area (Å²) in [6, 6.07) is 8.01. The molecule has 0 fully saturated rings. The topological polar surface area (TPSA) is 65.1 Å². The number of hydrogen-bond acceptors (Lipinski definition) is 4. The Morgan fingerprint density at radius 2 is 2.25 bits per heavy atom. The molecule has 0 aliphatic rings. The normalized spacial score (nSPS) is 12.6. The Bertz CT molecular complexity index is 575. The number of hydrogen-bond donors (Lipinski definition) is 2. The Labute approximate surface area is 140 Å². The van der Waals surface area contributed by atoms with Gasteiger partial charge in [-0.25, -0.2) is 5.43 Å². The van der Waals surface area contributed by atoms with Gasteiger partial charge in [-0.2, -0.15) is 5.10 Å². The number of nitrogens with one attached hydrogen (secondary N) is 1. The van der Waals surface area contributed by atoms with Gasteiger partial charge >= 0.3 is 0 Å². The molecule has 0 saturated carbocycles. The number of nitrogens with zero attached hydrogens (tertiary/aromatic N) is 2. The van der Waals surface area contributed by atoms with E-state index in [0.717, 1.165) is 19.3 Å². The fourth-order valence-corrected chi connectivity index (χ4v) is 3.26. The molecule has 20 heavy (non-hydrogen) atoms. The molecule has 7 heteroatoms. The van der Waals surface area contributed by atoms with Crippen molar-refractivity contribution in [2.24, 2.45) is 5.84 Å². The van der Waals surface area contributed by atoms with Crippen molar-refractivity contribution >= 4 is 38.5 Å². The summed E-state index contributed by atoms with van der Waals surface area (Å²) in [6.07, 6.45) is 1.78. The molecule has 2 rings (SSSR count). The summed E-state index contributed by atoms with van der Waals surface area (Å²) in [7, 11) is 1.68. The van der Waals surface area contributed by atoms with Gasteiger partial charge in [-0.1, -0.05) is 18.2 Å². The molecule has 5 nitrogen and oxygen atoms in total. The van der Waals surface area contributed by atoms with E-state index in [1.807, 2.05) is 16.8 Å². The highest BCUT2D eigenvalue weighted by Gasteiger charge is 2.22. The first kappa shape index (κ1) is 15.9. The van der Waals surface area contributed by atoms with Crippen molar-refractivity contribution in [2.75, 3.05) is 13.7 Å². The molecule has 1 aromatic heterocycles. The zero-order chi connectivity index (χ0) is 14.5. The minimum absolute atomic E-state index is 0.128. The van der Waals surface area contributed by atoms with Gasteiger partial charge in [0.15, 0.2) is 0 Å². The van der Waals surface area contributed by atoms with Crippen molar-refractivity contribution in [3.05, 3.63) is 49.8 Å². The van der Waals surface area contributed by atoms with Gasteiger partial charge in [-0.15, -0.1) is 0 Å². The Balaban J connectivity index is 2.42. The van der Waals surface area contributed by atoms with Crippen LogP contribution >= 0.6 is 38.5 Å². The van der Waals surface area contributed by atoms with E-state index in [0.29, 0.717) is 13.2 Å². The summed E-state index contributed by atoms with van der Waals surface area (Å²) in [4.78, 5) is 0. The van der Waals surface area contributed by atoms with Gasteiger partial charge in [0.2, 0.25) is 0 Å². The summed E-state index contributed by atoms with van der Waals surface area (Å²) >= 11 is 5.86. The van der Waals surface area contributed by atoms with Gasteiger partial charge in [-0.3, -0.25) is 10.5 Å². The maximum absolute atomic E-state index is 5.78. The number of ether oxygens (including phenoxy) is 1. The zero-order valence-corrected chi connectivity index (χ0v) is 14.8. The van der Waals surface area contributed by atoms with Crippen LogP contribution in [-0.2, 0) is 11.3 Å². The molecule has 3 N–H and O–H groups in total. The van der Waals surface area contributed by atoms with Gasteiger partial charge in [0.05, 0.1) is 35.6 Å². The maximum Gasteiger partial charge on any atom is 0.0900 e. The van der Waals surface area contributed by atoms with Crippen molar-refractivity contribution in [2.45, 2.75) is 12.6 Å². The van der Waals surface area contributed by atoms with Crippen molar-refractivity contribution in [3.8, 4) is 0 Å². The number of nitrogens with two attached hydrogens (primary N) is 1. The van der Waals surface area contributed by atoms with E-state index in [4.69, 9.17) is 10.6 Å². The largest absolute Gasteiger partial charge is 0.383 e. The van der Waals surface area contributed by atoms with Crippen LogP contribution in [0.3, 0.4) is 0 Å². The number of aromatic nitrogens is 2. The lowest BCUT2D eigenvalue weighted by Crippen LogP contribution is -2.32. The fourth-order valence-electron chi connectivity index (χ4n) is 2.04. The summed E-state index contributed by atoms with van der Waals surface area (Å²) in [5.74, 6) is 5.78. The fraction of sp³-hybridized carbons (Fsp3) is 0.308. The SMILES string of the molecule is COCCn1ncc(Br)c1C(NN)c1ccccc1I. The van der Waals surface area contributed by atoms with Crippen LogP contribution in [0, 0.1) is 3.57 Å². The van der Waals surface area contributed by atoms with Crippen LogP contribution in [0.5, 0.6) is 0 Å². The molecule has 1 aromatic carbocycles. The molecular formula is C13H16BrIN4O. The molecule has 0 aliphatic carbocycles. The van der Waals surface area contributed by atoms with Gasteiger partial charge in [-0.05, 0) is 50.2 Å². The molecule has 0 radical (unpaired) electrons. The van der Waals surface area contributed by atoms with Crippen molar-refractivity contribution in [1.82, 2.24) is 15.2 Å². The number of benzene rings is 1. The maximum atomic E-state index is 5.78. The van der Waals surface area contributed by atoms with Crippen molar-refractivity contribution < 1.29 is 4.74 Å². The van der Waals surface area contributed by atoms with Crippen molar-refractivity contribution in [1.29, 1.82) is 0 Å². The van der Waals surface area contributed by atoms with Gasteiger partial charge in [0.25, 0.3) is 0 Å². The highest BCUT2D eigenvalue weighted by molar-refractivity contribution is 14.1. The zero-order valence-electron chi connectivity index (χ0n) is 11.0. The third-order valence-electron chi connectivity index (χ3n) is 3.00. The first-order valence-electron chi connectivity index (χ1n) is 6.09. The van der Waals surface area contributed by atoms with E-state index in [1.54, 1.807) is 13.3 Å². The second kappa shape index (κ2) is 7.51. The van der Waals surface area contributed by atoms with E-state index in [-0.39, 0.29) is 6.04 Å². The third-order valence-corrected chi connectivity index (χ3v) is 4.59. The second-order valence-electron chi connectivity index (χ2n) is 4.21. The third kappa shape index (κ3) is 3.40. The summed E-state index contributed by atoms with van der Waals surface area (Å²) < 4.78 is 9.11. The van der Waals surface area contributed by atoms with Crippen LogP contribution in [0.25, 0.3) is 0 Å². The van der Waals surface area contributed by atoms with Crippen LogP contribution in [-0.4, -0.2) is 23.5 Å². The predicted octanol–water partition coefficient (Wildman–Crippen LogP) is 2.45. The van der Waals surface area contributed by atoms with E-state index in [9.17, 15) is 0 Å². The van der Waals surface area contributed by atoms with Crippen LogP contribution in [0.1, 0.15) is 17.3 Å². The molecule has 0 amide bonds. The predicted molar refractivity (Wildman–Crippen MR) is 90.1 cm³/mol. The average Bonchev–Trinajstić information content (AvgIpc) is 2.81. The molecule has 1 atom stereocenters. The van der Waals surface area contributed by atoms with E-state index in [1.165, 1.54) is 0 Å². The number of halogens is 2. The smallest absolute Gasteiger partial charge is 0.0900 e. The van der Waals surface area contributed by atoms with Crippen LogP contribution < -0.4 is 11.3 Å². The highest BCUT2D eigenvalue weighted by atomic mass is 127. The Morgan fingerprint density at radius 3 is 2.90 bits per heavy atom. The molecule has 2 aromatic rings. The molecule has 1 heterocycles. The molecule has 108 valence electrons. The summed E-state index contributed by atoms with van der Waals surface area (Å²) in [5, 5.41) is 4.37. The van der Waals surface area contributed by atoms with Crippen LogP contribution in [0.4, 0.5) is 0 Å². The molecule has 0 saturated heterocycles. The van der Waals surface area contributed by atoms with Crippen molar-refractivity contribution in [3.63, 3.8) is 0 Å². The van der Waals surface area contributed by atoms with Gasteiger partial charge in [0.1, 0.15) is 0 Å². The molecular weight excluding hydrogens is 435 g/mol. The molecule has 0 spiro atoms. The number of methoxy groups -OCH3 is 1. The van der Waals surface area contributed by atoms with Crippen LogP contribution in [0.2, 0.25) is 0 Å². The van der Waals surface area contributed by atoms with Gasteiger partial charge < -0.3 is 4.74 Å². The molecule has 1 unspecified atom stereocenters. The Morgan fingerprint density at radius 1 is 1.50 bits per heavy atom. The molecule has 0 aliphatic heterocycles. The number of hydrazine groups is 1. The Kier molecular flexibility index (Phi) is 5.97. The Hall–Kier alpha value is -0.480. The van der Waals surface area contributed by atoms with E-state index < -0.39 is 0 Å². The average molecular weight is 451 g/mol. The monoisotopic (exact) mass is 450 g/mol. The quantitative estimate of drug-likeness (QED) is 0.403. The minimum Gasteiger partial charge on any atom is -0.383 e. The molecule has 0 bridgehead atoms. The van der Waals surface area contributed by atoms with E-state index in [2.05, 4.69) is 61.2 Å². The van der Waals surface area contributed by atoms with Gasteiger partial charge in [0, 0.05) is 10.7 Å². The standard InChI is InChI=1S/C13H16BrIN4O/c1-20-7-6-19-13(10(14)8-17-19)12(18-16)9-4-2-3-5-11(9)15/h2-5,8,12,18H,6-7,16H2,1H3. The highest BCUT2D eigenvalue weighted by Crippen LogP contribution is 2.30. The number of rotatable bonds is 6.